The Balaban J connectivity index is 2.68. The molecule has 0 aromatic heterocycles. The molecule has 9 nitrogen and oxygen atoms in total. The fraction of sp³-hybridized carbons (Fsp3) is 1.00. The number of aliphatic hydroxyl groups excluding tert-OH is 8. The molecule has 0 spiro atoms. The van der Waals surface area contributed by atoms with Crippen LogP contribution in [0, 0.1) is 0 Å². The summed E-state index contributed by atoms with van der Waals surface area (Å²) in [5, 5.41) is 74.8. The van der Waals surface area contributed by atoms with Gasteiger partial charge >= 0.3 is 0 Å². The van der Waals surface area contributed by atoms with Gasteiger partial charge in [0.1, 0.15) is 48.8 Å². The van der Waals surface area contributed by atoms with Crippen LogP contribution in [0.4, 0.5) is 0 Å². The minimum Gasteiger partial charge on any atom is -0.394 e. The Bertz CT molecular complexity index is 276. The monoisotopic (exact) mass is 284 g/mol. The van der Waals surface area contributed by atoms with Crippen molar-refractivity contribution in [1.29, 1.82) is 0 Å². The molecule has 1 saturated heterocycles. The van der Waals surface area contributed by atoms with Crippen LogP contribution in [0.3, 0.4) is 0 Å². The van der Waals surface area contributed by atoms with Gasteiger partial charge in [0.2, 0.25) is 0 Å². The summed E-state index contributed by atoms with van der Waals surface area (Å²) in [7, 11) is 0. The minimum absolute atomic E-state index is 0.370. The molecular weight excluding hydrogens is 264 g/mol. The molecule has 0 aromatic rings. The van der Waals surface area contributed by atoms with Crippen molar-refractivity contribution in [3.8, 4) is 0 Å². The highest BCUT2D eigenvalue weighted by Crippen LogP contribution is 2.21. The molecule has 19 heavy (non-hydrogen) atoms. The Kier molecular flexibility index (Phi) is 6.05. The van der Waals surface area contributed by atoms with Crippen LogP contribution in [0.5, 0.6) is 0 Å². The van der Waals surface area contributed by atoms with Gasteiger partial charge < -0.3 is 45.6 Å². The number of aliphatic hydroxyl groups is 8. The SMILES string of the molecule is OC[C@@H](O)[C@@H](O)[C@H](O)[C@H](O)[C@H]1OC[C@@H](O)[C@@H](O)[C@@H]1O. The van der Waals surface area contributed by atoms with Crippen LogP contribution in [-0.2, 0) is 4.74 Å². The highest BCUT2D eigenvalue weighted by Gasteiger charge is 2.45. The molecule has 1 aliphatic heterocycles. The first-order valence-electron chi connectivity index (χ1n) is 5.80. The Morgan fingerprint density at radius 3 is 2.05 bits per heavy atom. The predicted octanol–water partition coefficient (Wildman–Crippen LogP) is -5.10. The lowest BCUT2D eigenvalue weighted by atomic mass is 9.91. The van der Waals surface area contributed by atoms with E-state index in [0.717, 1.165) is 0 Å². The molecule has 0 aliphatic carbocycles. The van der Waals surface area contributed by atoms with Crippen molar-refractivity contribution in [2.24, 2.45) is 0 Å². The lowest BCUT2D eigenvalue weighted by molar-refractivity contribution is -0.232. The van der Waals surface area contributed by atoms with Gasteiger partial charge in [-0.15, -0.1) is 0 Å². The molecule has 0 aromatic carbocycles. The number of hydrogen-bond donors (Lipinski definition) is 8. The average molecular weight is 284 g/mol. The summed E-state index contributed by atoms with van der Waals surface area (Å²) in [5.74, 6) is 0. The van der Waals surface area contributed by atoms with E-state index in [2.05, 4.69) is 0 Å². The standard InChI is InChI=1S/C10H20O9/c11-1-3(12)5(14)7(16)9(18)10-8(17)6(15)4(13)2-19-10/h3-18H,1-2H2/t3-,4-,5-,6-,7+,8+,9+,10+/m1/s1. The average Bonchev–Trinajstić information content (AvgIpc) is 2.41. The maximum atomic E-state index is 9.75. The van der Waals surface area contributed by atoms with Gasteiger partial charge in [0.05, 0.1) is 13.2 Å². The van der Waals surface area contributed by atoms with Gasteiger partial charge in [-0.2, -0.15) is 0 Å². The molecular formula is C10H20O9. The van der Waals surface area contributed by atoms with Gasteiger partial charge in [0, 0.05) is 0 Å². The zero-order chi connectivity index (χ0) is 14.7. The Labute approximate surface area is 108 Å². The van der Waals surface area contributed by atoms with E-state index >= 15 is 0 Å². The summed E-state index contributed by atoms with van der Waals surface area (Å²) < 4.78 is 4.89. The van der Waals surface area contributed by atoms with E-state index in [1.807, 2.05) is 0 Å². The molecule has 8 atom stereocenters. The van der Waals surface area contributed by atoms with Crippen molar-refractivity contribution in [3.05, 3.63) is 0 Å². The van der Waals surface area contributed by atoms with Crippen LogP contribution in [0.15, 0.2) is 0 Å². The quantitative estimate of drug-likeness (QED) is 0.246. The first-order chi connectivity index (χ1) is 8.81. The third-order valence-electron chi connectivity index (χ3n) is 3.16. The fourth-order valence-corrected chi connectivity index (χ4v) is 1.86. The van der Waals surface area contributed by atoms with Crippen molar-refractivity contribution < 1.29 is 45.6 Å². The van der Waals surface area contributed by atoms with Crippen molar-refractivity contribution in [3.63, 3.8) is 0 Å². The lowest BCUT2D eigenvalue weighted by Crippen LogP contribution is -2.61. The van der Waals surface area contributed by atoms with E-state index in [-0.39, 0.29) is 6.61 Å². The smallest absolute Gasteiger partial charge is 0.115 e. The van der Waals surface area contributed by atoms with Crippen molar-refractivity contribution in [1.82, 2.24) is 0 Å². The molecule has 0 bridgehead atoms. The van der Waals surface area contributed by atoms with Gasteiger partial charge in [-0.3, -0.25) is 0 Å². The van der Waals surface area contributed by atoms with E-state index in [1.54, 1.807) is 0 Å². The maximum absolute atomic E-state index is 9.75. The topological polar surface area (TPSA) is 171 Å². The summed E-state index contributed by atoms with van der Waals surface area (Å²) in [4.78, 5) is 0. The third kappa shape index (κ3) is 3.60. The first-order valence-corrected chi connectivity index (χ1v) is 5.80. The predicted molar refractivity (Wildman–Crippen MR) is 58.9 cm³/mol. The van der Waals surface area contributed by atoms with Gasteiger partial charge in [-0.05, 0) is 0 Å². The van der Waals surface area contributed by atoms with E-state index in [9.17, 15) is 30.6 Å². The van der Waals surface area contributed by atoms with Gasteiger partial charge in [0.25, 0.3) is 0 Å². The van der Waals surface area contributed by atoms with Crippen molar-refractivity contribution >= 4 is 0 Å². The third-order valence-corrected chi connectivity index (χ3v) is 3.16. The number of hydrogen-bond acceptors (Lipinski definition) is 9. The Morgan fingerprint density at radius 2 is 1.53 bits per heavy atom. The molecule has 1 heterocycles. The molecule has 0 unspecified atom stereocenters. The van der Waals surface area contributed by atoms with Crippen LogP contribution < -0.4 is 0 Å². The molecule has 114 valence electrons. The van der Waals surface area contributed by atoms with Crippen LogP contribution in [0.25, 0.3) is 0 Å². The molecule has 8 N–H and O–H groups in total. The highest BCUT2D eigenvalue weighted by atomic mass is 16.5. The van der Waals surface area contributed by atoms with Crippen LogP contribution in [0.1, 0.15) is 0 Å². The minimum atomic E-state index is -1.91. The van der Waals surface area contributed by atoms with E-state index in [4.69, 9.17) is 14.9 Å². The van der Waals surface area contributed by atoms with E-state index in [1.165, 1.54) is 0 Å². The second-order valence-corrected chi connectivity index (χ2v) is 4.57. The zero-order valence-corrected chi connectivity index (χ0v) is 10.0. The summed E-state index contributed by atoms with van der Waals surface area (Å²) in [6.45, 7) is -1.20. The summed E-state index contributed by atoms with van der Waals surface area (Å²) in [6.07, 6.45) is -13.3. The summed E-state index contributed by atoms with van der Waals surface area (Å²) in [5.41, 5.74) is 0. The van der Waals surface area contributed by atoms with Crippen molar-refractivity contribution in [2.75, 3.05) is 13.2 Å². The van der Waals surface area contributed by atoms with Gasteiger partial charge in [-0.25, -0.2) is 0 Å². The molecule has 9 heteroatoms. The largest absolute Gasteiger partial charge is 0.394 e. The maximum Gasteiger partial charge on any atom is 0.115 e. The molecule has 1 rings (SSSR count). The van der Waals surface area contributed by atoms with Crippen molar-refractivity contribution in [2.45, 2.75) is 48.8 Å². The second kappa shape index (κ2) is 6.88. The van der Waals surface area contributed by atoms with E-state index in [0.29, 0.717) is 0 Å². The Morgan fingerprint density at radius 1 is 0.947 bits per heavy atom. The van der Waals surface area contributed by atoms with Crippen LogP contribution >= 0.6 is 0 Å². The van der Waals surface area contributed by atoms with E-state index < -0.39 is 55.4 Å². The fourth-order valence-electron chi connectivity index (χ4n) is 1.86. The Hall–Kier alpha value is -0.360. The summed E-state index contributed by atoms with van der Waals surface area (Å²) >= 11 is 0. The number of ether oxygens (including phenoxy) is 1. The zero-order valence-electron chi connectivity index (χ0n) is 10.0. The second-order valence-electron chi connectivity index (χ2n) is 4.57. The van der Waals surface area contributed by atoms with Gasteiger partial charge in [-0.1, -0.05) is 0 Å². The van der Waals surface area contributed by atoms with Crippen LogP contribution in [-0.4, -0.2) is 103 Å². The molecule has 0 radical (unpaired) electrons. The van der Waals surface area contributed by atoms with Gasteiger partial charge in [0.15, 0.2) is 0 Å². The number of rotatable bonds is 5. The highest BCUT2D eigenvalue weighted by molar-refractivity contribution is 4.94. The summed E-state index contributed by atoms with van der Waals surface area (Å²) in [6, 6.07) is 0. The molecule has 0 amide bonds. The van der Waals surface area contributed by atoms with Crippen LogP contribution in [0.2, 0.25) is 0 Å². The molecule has 1 fully saturated rings. The normalized spacial score (nSPS) is 38.5. The first kappa shape index (κ1) is 16.7. The molecule has 1 aliphatic rings. The molecule has 0 saturated carbocycles. The lowest BCUT2D eigenvalue weighted by Gasteiger charge is -2.39.